The summed E-state index contributed by atoms with van der Waals surface area (Å²) < 4.78 is 13.1. The van der Waals surface area contributed by atoms with Crippen LogP contribution in [0.1, 0.15) is 17.5 Å². The molecule has 17 heavy (non-hydrogen) atoms. The van der Waals surface area contributed by atoms with Gasteiger partial charge in [0.1, 0.15) is 5.82 Å². The minimum atomic E-state index is -0.119. The summed E-state index contributed by atoms with van der Waals surface area (Å²) in [5.74, 6) is 0.646. The Kier molecular flexibility index (Phi) is 4.13. The van der Waals surface area contributed by atoms with Gasteiger partial charge in [0, 0.05) is 13.1 Å². The van der Waals surface area contributed by atoms with Crippen LogP contribution < -0.4 is 5.32 Å². The Morgan fingerprint density at radius 2 is 2.29 bits per heavy atom. The molecule has 1 aromatic rings. The lowest BCUT2D eigenvalue weighted by Crippen LogP contribution is -2.24. The van der Waals surface area contributed by atoms with E-state index >= 15 is 0 Å². The fourth-order valence-electron chi connectivity index (χ4n) is 2.43. The van der Waals surface area contributed by atoms with Gasteiger partial charge in [0.15, 0.2) is 0 Å². The van der Waals surface area contributed by atoms with Gasteiger partial charge in [0.2, 0.25) is 0 Å². The van der Waals surface area contributed by atoms with Crippen molar-refractivity contribution in [1.29, 1.82) is 0 Å². The van der Waals surface area contributed by atoms with Gasteiger partial charge in [-0.2, -0.15) is 0 Å². The van der Waals surface area contributed by atoms with Crippen LogP contribution >= 0.6 is 0 Å². The van der Waals surface area contributed by atoms with Crippen molar-refractivity contribution in [3.63, 3.8) is 0 Å². The average Bonchev–Trinajstić information content (AvgIpc) is 2.70. The molecule has 1 aliphatic rings. The Morgan fingerprint density at radius 1 is 1.47 bits per heavy atom. The molecule has 1 atom stereocenters. The summed E-state index contributed by atoms with van der Waals surface area (Å²) in [5.41, 5.74) is 1.89. The number of nitrogens with one attached hydrogen (secondary N) is 1. The highest BCUT2D eigenvalue weighted by atomic mass is 19.1. The van der Waals surface area contributed by atoms with Gasteiger partial charge in [-0.1, -0.05) is 12.1 Å². The highest BCUT2D eigenvalue weighted by Crippen LogP contribution is 2.13. The van der Waals surface area contributed by atoms with Crippen molar-refractivity contribution in [2.24, 2.45) is 5.92 Å². The van der Waals surface area contributed by atoms with Crippen LogP contribution in [0, 0.1) is 18.7 Å². The molecule has 1 fully saturated rings. The molecule has 0 saturated carbocycles. The normalized spacial score (nSPS) is 21.0. The van der Waals surface area contributed by atoms with E-state index in [1.54, 1.807) is 6.07 Å². The summed E-state index contributed by atoms with van der Waals surface area (Å²) in [6, 6.07) is 5.33. The fourth-order valence-corrected chi connectivity index (χ4v) is 2.43. The van der Waals surface area contributed by atoms with Crippen LogP contribution in [0.15, 0.2) is 18.2 Å². The van der Waals surface area contributed by atoms with Crippen LogP contribution in [0.5, 0.6) is 0 Å². The predicted octanol–water partition coefficient (Wildman–Crippen LogP) is 2.18. The molecular weight excluding hydrogens is 215 g/mol. The van der Waals surface area contributed by atoms with E-state index in [0.717, 1.165) is 30.1 Å². The molecule has 1 saturated heterocycles. The molecule has 1 heterocycles. The summed E-state index contributed by atoms with van der Waals surface area (Å²) in [4.78, 5) is 2.37. The van der Waals surface area contributed by atoms with Gasteiger partial charge in [-0.15, -0.1) is 0 Å². The maximum absolute atomic E-state index is 13.1. The number of hydrogen-bond acceptors (Lipinski definition) is 2. The molecule has 2 nitrogen and oxygen atoms in total. The van der Waals surface area contributed by atoms with E-state index < -0.39 is 0 Å². The lowest BCUT2D eigenvalue weighted by atomic mass is 10.1. The van der Waals surface area contributed by atoms with Crippen LogP contribution in [0.3, 0.4) is 0 Å². The second-order valence-corrected chi connectivity index (χ2v) is 5.13. The molecule has 1 aliphatic heterocycles. The highest BCUT2D eigenvalue weighted by Gasteiger charge is 2.18. The first-order valence-corrected chi connectivity index (χ1v) is 6.29. The highest BCUT2D eigenvalue weighted by molar-refractivity contribution is 5.23. The van der Waals surface area contributed by atoms with Gasteiger partial charge in [-0.25, -0.2) is 4.39 Å². The third kappa shape index (κ3) is 3.51. The van der Waals surface area contributed by atoms with E-state index in [1.807, 2.05) is 19.1 Å². The Bertz CT molecular complexity index is 378. The molecule has 0 aliphatic carbocycles. The summed E-state index contributed by atoms with van der Waals surface area (Å²) >= 11 is 0. The number of aryl methyl sites for hydroxylation is 1. The number of benzene rings is 1. The zero-order valence-corrected chi connectivity index (χ0v) is 10.7. The number of nitrogens with zero attached hydrogens (tertiary/aromatic N) is 1. The van der Waals surface area contributed by atoms with Crippen molar-refractivity contribution in [3.8, 4) is 0 Å². The summed E-state index contributed by atoms with van der Waals surface area (Å²) in [7, 11) is 2.17. The lowest BCUT2D eigenvalue weighted by Gasteiger charge is -2.12. The fraction of sp³-hybridized carbons (Fsp3) is 0.571. The van der Waals surface area contributed by atoms with Gasteiger partial charge in [-0.3, -0.25) is 0 Å². The second kappa shape index (κ2) is 5.61. The monoisotopic (exact) mass is 236 g/mol. The summed E-state index contributed by atoms with van der Waals surface area (Å²) in [6.45, 7) is 6.10. The van der Waals surface area contributed by atoms with E-state index in [1.165, 1.54) is 19.5 Å². The minimum absolute atomic E-state index is 0.119. The molecule has 0 bridgehead atoms. The largest absolute Gasteiger partial charge is 0.312 e. The van der Waals surface area contributed by atoms with Gasteiger partial charge in [-0.05, 0) is 56.6 Å². The van der Waals surface area contributed by atoms with E-state index in [0.29, 0.717) is 0 Å². The molecule has 1 N–H and O–H groups in total. The molecule has 1 unspecified atom stereocenters. The van der Waals surface area contributed by atoms with Gasteiger partial charge >= 0.3 is 0 Å². The van der Waals surface area contributed by atoms with Crippen molar-refractivity contribution >= 4 is 0 Å². The average molecular weight is 236 g/mol. The van der Waals surface area contributed by atoms with Crippen LogP contribution in [-0.4, -0.2) is 31.6 Å². The lowest BCUT2D eigenvalue weighted by molar-refractivity contribution is 0.388. The summed E-state index contributed by atoms with van der Waals surface area (Å²) in [6.07, 6.45) is 1.28. The first kappa shape index (κ1) is 12.5. The smallest absolute Gasteiger partial charge is 0.126 e. The van der Waals surface area contributed by atoms with E-state index in [9.17, 15) is 4.39 Å². The van der Waals surface area contributed by atoms with Crippen molar-refractivity contribution < 1.29 is 4.39 Å². The van der Waals surface area contributed by atoms with Crippen molar-refractivity contribution in [3.05, 3.63) is 35.1 Å². The number of likely N-dealkylation sites (tertiary alicyclic amines) is 1. The standard InChI is InChI=1S/C14H21FN2/c1-11-7-12(3-4-14(11)15)8-16-9-13-5-6-17(2)10-13/h3-4,7,13,16H,5-6,8-10H2,1-2H3. The number of halogens is 1. The quantitative estimate of drug-likeness (QED) is 0.862. The van der Waals surface area contributed by atoms with Crippen LogP contribution in [0.4, 0.5) is 4.39 Å². The summed E-state index contributed by atoms with van der Waals surface area (Å²) in [5, 5.41) is 3.46. The first-order chi connectivity index (χ1) is 8.15. The van der Waals surface area contributed by atoms with Crippen molar-refractivity contribution in [2.75, 3.05) is 26.7 Å². The molecule has 2 rings (SSSR count). The van der Waals surface area contributed by atoms with Crippen molar-refractivity contribution in [2.45, 2.75) is 19.9 Å². The Hall–Kier alpha value is -0.930. The van der Waals surface area contributed by atoms with Crippen LogP contribution in [0.25, 0.3) is 0 Å². The van der Waals surface area contributed by atoms with E-state index in [2.05, 4.69) is 17.3 Å². The Balaban J connectivity index is 1.76. The topological polar surface area (TPSA) is 15.3 Å². The second-order valence-electron chi connectivity index (χ2n) is 5.13. The van der Waals surface area contributed by atoms with Crippen molar-refractivity contribution in [1.82, 2.24) is 10.2 Å². The molecular formula is C14H21FN2. The molecule has 1 aromatic carbocycles. The zero-order chi connectivity index (χ0) is 12.3. The van der Waals surface area contributed by atoms with Crippen LogP contribution in [-0.2, 0) is 6.54 Å². The Morgan fingerprint density at radius 3 is 2.94 bits per heavy atom. The molecule has 0 radical (unpaired) electrons. The molecule has 0 aromatic heterocycles. The van der Waals surface area contributed by atoms with Gasteiger partial charge in [0.25, 0.3) is 0 Å². The zero-order valence-electron chi connectivity index (χ0n) is 10.7. The molecule has 94 valence electrons. The Labute approximate surface area is 103 Å². The first-order valence-electron chi connectivity index (χ1n) is 6.29. The third-order valence-corrected chi connectivity index (χ3v) is 3.47. The molecule has 3 heteroatoms. The minimum Gasteiger partial charge on any atom is -0.312 e. The SMILES string of the molecule is Cc1cc(CNCC2CCN(C)C2)ccc1F. The third-order valence-electron chi connectivity index (χ3n) is 3.47. The predicted molar refractivity (Wildman–Crippen MR) is 68.4 cm³/mol. The number of rotatable bonds is 4. The van der Waals surface area contributed by atoms with E-state index in [4.69, 9.17) is 0 Å². The van der Waals surface area contributed by atoms with Crippen LogP contribution in [0.2, 0.25) is 0 Å². The van der Waals surface area contributed by atoms with Gasteiger partial charge < -0.3 is 10.2 Å². The molecule has 0 amide bonds. The molecule has 0 spiro atoms. The number of hydrogen-bond donors (Lipinski definition) is 1. The maximum Gasteiger partial charge on any atom is 0.126 e. The maximum atomic E-state index is 13.1. The van der Waals surface area contributed by atoms with Gasteiger partial charge in [0.05, 0.1) is 0 Å². The van der Waals surface area contributed by atoms with E-state index in [-0.39, 0.29) is 5.82 Å².